The zero-order valence-corrected chi connectivity index (χ0v) is 11.7. The van der Waals surface area contributed by atoms with Gasteiger partial charge in [-0.15, -0.1) is 0 Å². The summed E-state index contributed by atoms with van der Waals surface area (Å²) in [5, 5.41) is 19.5. The summed E-state index contributed by atoms with van der Waals surface area (Å²) < 4.78 is 37.8. The Morgan fingerprint density at radius 1 is 1.17 bits per heavy atom. The van der Waals surface area contributed by atoms with Crippen molar-refractivity contribution in [3.8, 4) is 12.1 Å². The predicted molar refractivity (Wildman–Crippen MR) is 71.4 cm³/mol. The number of hydrogen-bond donors (Lipinski definition) is 1. The molecule has 4 rings (SSSR count). The molecule has 2 N–H and O–H groups in total. The summed E-state index contributed by atoms with van der Waals surface area (Å²) in [5.74, 6) is -4.64. The summed E-state index contributed by atoms with van der Waals surface area (Å²) in [7, 11) is 0. The van der Waals surface area contributed by atoms with Crippen LogP contribution in [0.1, 0.15) is 11.5 Å². The molecule has 3 aliphatic rings. The topological polar surface area (TPSA) is 104 Å². The van der Waals surface area contributed by atoms with Gasteiger partial charge in [0.15, 0.2) is 17.0 Å². The largest absolute Gasteiger partial charge is 0.386 e. The van der Waals surface area contributed by atoms with Crippen LogP contribution in [0.2, 0.25) is 0 Å². The predicted octanol–water partition coefficient (Wildman–Crippen LogP) is 1.15. The van der Waals surface area contributed by atoms with Crippen LogP contribution in [0.25, 0.3) is 0 Å². The molecule has 1 aromatic rings. The Bertz CT molecular complexity index is 837. The molecule has 0 bridgehead atoms. The van der Waals surface area contributed by atoms with E-state index in [1.165, 1.54) is 6.07 Å². The second-order valence-corrected chi connectivity index (χ2v) is 5.72. The third-order valence-corrected chi connectivity index (χ3v) is 4.88. The number of benzene rings is 1. The first-order valence-corrected chi connectivity index (χ1v) is 6.90. The van der Waals surface area contributed by atoms with Crippen molar-refractivity contribution in [3.63, 3.8) is 0 Å². The minimum Gasteiger partial charge on any atom is -0.386 e. The van der Waals surface area contributed by atoms with E-state index in [0.717, 1.165) is 12.1 Å². The highest BCUT2D eigenvalue weighted by Crippen LogP contribution is 2.82. The summed E-state index contributed by atoms with van der Waals surface area (Å²) in [6.07, 6.45) is 0. The third kappa shape index (κ3) is 1.26. The molecule has 116 valence electrons. The van der Waals surface area contributed by atoms with Crippen molar-refractivity contribution in [2.75, 3.05) is 13.2 Å². The molecule has 0 amide bonds. The van der Waals surface area contributed by atoms with Gasteiger partial charge in [-0.1, -0.05) is 6.07 Å². The van der Waals surface area contributed by atoms with Crippen molar-refractivity contribution in [1.29, 1.82) is 10.5 Å². The van der Waals surface area contributed by atoms with Gasteiger partial charge in [-0.25, -0.2) is 13.8 Å². The highest BCUT2D eigenvalue weighted by Gasteiger charge is 2.94. The maximum Gasteiger partial charge on any atom is 0.293 e. The monoisotopic (exact) mass is 316 g/mol. The standard InChI is InChI=1S/C15H10F2N4O2/c16-9-2-1-8(5-10(9)17)11-13(6-18)12(20)21-15(14(11,13)7-19)22-3-4-23-15/h1-2,5,11H,3-4H2,(H2,20,21). The summed E-state index contributed by atoms with van der Waals surface area (Å²) in [5.41, 5.74) is 3.22. The van der Waals surface area contributed by atoms with Gasteiger partial charge in [-0.3, -0.25) is 0 Å². The minimum atomic E-state index is -1.67. The lowest BCUT2D eigenvalue weighted by molar-refractivity contribution is -0.184. The van der Waals surface area contributed by atoms with E-state index < -0.39 is 34.3 Å². The van der Waals surface area contributed by atoms with Crippen molar-refractivity contribution < 1.29 is 18.3 Å². The fourth-order valence-corrected chi connectivity index (χ4v) is 3.91. The molecule has 1 aliphatic carbocycles. The molecule has 2 fully saturated rings. The number of nitrogens with zero attached hydrogens (tertiary/aromatic N) is 3. The van der Waals surface area contributed by atoms with Gasteiger partial charge < -0.3 is 15.2 Å². The van der Waals surface area contributed by atoms with Gasteiger partial charge >= 0.3 is 0 Å². The van der Waals surface area contributed by atoms with E-state index in [-0.39, 0.29) is 24.6 Å². The Hall–Kier alpha value is -2.55. The first-order chi connectivity index (χ1) is 11.0. The summed E-state index contributed by atoms with van der Waals surface area (Å²) in [6, 6.07) is 7.35. The Kier molecular flexibility index (Phi) is 2.48. The zero-order valence-electron chi connectivity index (χ0n) is 11.7. The fraction of sp³-hybridized carbons (Fsp3) is 0.400. The van der Waals surface area contributed by atoms with E-state index >= 15 is 0 Å². The van der Waals surface area contributed by atoms with Crippen LogP contribution >= 0.6 is 0 Å². The Balaban J connectivity index is 1.93. The van der Waals surface area contributed by atoms with Crippen LogP contribution in [0.15, 0.2) is 23.2 Å². The number of rotatable bonds is 1. The molecular weight excluding hydrogens is 306 g/mol. The van der Waals surface area contributed by atoms with Crippen LogP contribution in [0.4, 0.5) is 8.78 Å². The van der Waals surface area contributed by atoms with Crippen molar-refractivity contribution in [1.82, 2.24) is 0 Å². The molecule has 3 unspecified atom stereocenters. The van der Waals surface area contributed by atoms with E-state index in [4.69, 9.17) is 15.2 Å². The molecule has 1 aromatic carbocycles. The van der Waals surface area contributed by atoms with E-state index in [2.05, 4.69) is 11.1 Å². The van der Waals surface area contributed by atoms with Gasteiger partial charge in [0.25, 0.3) is 5.91 Å². The molecule has 1 saturated carbocycles. The summed E-state index contributed by atoms with van der Waals surface area (Å²) in [4.78, 5) is 4.09. The highest BCUT2D eigenvalue weighted by molar-refractivity contribution is 6.00. The van der Waals surface area contributed by atoms with Crippen molar-refractivity contribution in [2.45, 2.75) is 11.8 Å². The second kappa shape index (κ2) is 4.05. The lowest BCUT2D eigenvalue weighted by Crippen LogP contribution is -2.38. The van der Waals surface area contributed by atoms with Gasteiger partial charge in [-0.05, 0) is 17.7 Å². The van der Waals surface area contributed by atoms with E-state index in [0.29, 0.717) is 0 Å². The third-order valence-electron chi connectivity index (χ3n) is 4.88. The fourth-order valence-electron chi connectivity index (χ4n) is 3.91. The zero-order chi connectivity index (χ0) is 16.5. The molecule has 1 saturated heterocycles. The number of aliphatic imine (C=N–C) groups is 1. The summed E-state index contributed by atoms with van der Waals surface area (Å²) >= 11 is 0. The molecule has 6 nitrogen and oxygen atoms in total. The first-order valence-electron chi connectivity index (χ1n) is 6.90. The molecule has 0 aromatic heterocycles. The molecule has 0 radical (unpaired) electrons. The number of halogens is 2. The van der Waals surface area contributed by atoms with Crippen molar-refractivity contribution >= 4 is 5.84 Å². The van der Waals surface area contributed by atoms with Crippen LogP contribution in [-0.4, -0.2) is 25.0 Å². The second-order valence-electron chi connectivity index (χ2n) is 5.72. The number of hydrogen-bond acceptors (Lipinski definition) is 6. The van der Waals surface area contributed by atoms with Crippen LogP contribution in [0.3, 0.4) is 0 Å². The average Bonchev–Trinajstić information content (AvgIpc) is 2.79. The Labute approximate surface area is 129 Å². The maximum atomic E-state index is 13.6. The number of nitrogens with two attached hydrogens (primary N) is 1. The highest BCUT2D eigenvalue weighted by atomic mass is 19.2. The van der Waals surface area contributed by atoms with Crippen LogP contribution in [0, 0.1) is 45.1 Å². The van der Waals surface area contributed by atoms with Gasteiger partial charge in [0, 0.05) is 5.92 Å². The smallest absolute Gasteiger partial charge is 0.293 e. The Morgan fingerprint density at radius 3 is 2.43 bits per heavy atom. The SMILES string of the molecule is N#CC12C(N)=NC3(OCCO3)C1(C#N)C2c1ccc(F)c(F)c1. The van der Waals surface area contributed by atoms with Crippen LogP contribution in [-0.2, 0) is 9.47 Å². The molecule has 2 heterocycles. The number of fused-ring (bicyclic) bond motifs is 2. The molecule has 3 atom stereocenters. The van der Waals surface area contributed by atoms with Crippen LogP contribution < -0.4 is 5.73 Å². The minimum absolute atomic E-state index is 0.0850. The lowest BCUT2D eigenvalue weighted by atomic mass is 9.94. The quantitative estimate of drug-likeness (QED) is 0.837. The number of nitriles is 2. The Morgan fingerprint density at radius 2 is 1.87 bits per heavy atom. The number of ether oxygens (including phenoxy) is 2. The molecule has 8 heteroatoms. The van der Waals surface area contributed by atoms with Gasteiger partial charge in [0.05, 0.1) is 25.4 Å². The van der Waals surface area contributed by atoms with E-state index in [1.54, 1.807) is 0 Å². The van der Waals surface area contributed by atoms with Crippen molar-refractivity contribution in [2.24, 2.45) is 21.6 Å². The molecular formula is C15H10F2N4O2. The summed E-state index contributed by atoms with van der Waals surface area (Å²) in [6.45, 7) is 0.401. The lowest BCUT2D eigenvalue weighted by Gasteiger charge is -2.25. The van der Waals surface area contributed by atoms with Gasteiger partial charge in [0.1, 0.15) is 11.3 Å². The maximum absolute atomic E-state index is 13.6. The first kappa shape index (κ1) is 14.1. The normalized spacial score (nSPS) is 36.2. The average molecular weight is 316 g/mol. The van der Waals surface area contributed by atoms with E-state index in [1.807, 2.05) is 6.07 Å². The van der Waals surface area contributed by atoms with Gasteiger partial charge in [0.2, 0.25) is 0 Å². The van der Waals surface area contributed by atoms with Crippen molar-refractivity contribution in [3.05, 3.63) is 35.4 Å². The number of amidine groups is 1. The molecule has 1 spiro atoms. The molecule has 2 aliphatic heterocycles. The van der Waals surface area contributed by atoms with Crippen LogP contribution in [0.5, 0.6) is 0 Å². The molecule has 23 heavy (non-hydrogen) atoms. The van der Waals surface area contributed by atoms with Gasteiger partial charge in [-0.2, -0.15) is 10.5 Å². The van der Waals surface area contributed by atoms with E-state index in [9.17, 15) is 19.3 Å².